The van der Waals surface area contributed by atoms with Gasteiger partial charge in [-0.05, 0) is 38.5 Å². The Morgan fingerprint density at radius 3 is 2.00 bits per heavy atom. The molecule has 0 radical (unpaired) electrons. The zero-order valence-electron chi connectivity index (χ0n) is 12.4. The SMILES string of the molecule is CN(C(=O)C1CCCCCCC1)C1CCC(N)CC1. The van der Waals surface area contributed by atoms with Crippen LogP contribution in [0.1, 0.15) is 70.6 Å². The molecule has 3 heteroatoms. The second-order valence-corrected chi connectivity index (χ2v) is 6.56. The Morgan fingerprint density at radius 2 is 1.42 bits per heavy atom. The first-order valence-electron chi connectivity index (χ1n) is 8.20. The van der Waals surface area contributed by atoms with Gasteiger partial charge < -0.3 is 10.6 Å². The molecule has 0 heterocycles. The summed E-state index contributed by atoms with van der Waals surface area (Å²) < 4.78 is 0. The van der Waals surface area contributed by atoms with Crippen LogP contribution in [0, 0.1) is 5.92 Å². The predicted octanol–water partition coefficient (Wildman–Crippen LogP) is 3.08. The number of rotatable bonds is 2. The fraction of sp³-hybridized carbons (Fsp3) is 0.938. The Bertz CT molecular complexity index is 276. The molecule has 1 amide bonds. The van der Waals surface area contributed by atoms with Crippen LogP contribution in [0.15, 0.2) is 0 Å². The Labute approximate surface area is 117 Å². The van der Waals surface area contributed by atoms with Gasteiger partial charge in [0.15, 0.2) is 0 Å². The van der Waals surface area contributed by atoms with E-state index >= 15 is 0 Å². The van der Waals surface area contributed by atoms with E-state index < -0.39 is 0 Å². The summed E-state index contributed by atoms with van der Waals surface area (Å²) in [5.41, 5.74) is 5.95. The maximum Gasteiger partial charge on any atom is 0.225 e. The van der Waals surface area contributed by atoms with Crippen molar-refractivity contribution in [3.05, 3.63) is 0 Å². The molecule has 0 bridgehead atoms. The molecular weight excluding hydrogens is 236 g/mol. The molecule has 0 atom stereocenters. The van der Waals surface area contributed by atoms with E-state index in [4.69, 9.17) is 5.73 Å². The van der Waals surface area contributed by atoms with Gasteiger partial charge >= 0.3 is 0 Å². The lowest BCUT2D eigenvalue weighted by molar-refractivity contribution is -0.137. The standard InChI is InChI=1S/C16H30N2O/c1-18(15-11-9-14(17)10-12-15)16(19)13-7-5-3-2-4-6-8-13/h13-15H,2-12,17H2,1H3. The molecule has 0 aromatic carbocycles. The maximum atomic E-state index is 12.6. The van der Waals surface area contributed by atoms with Crippen molar-refractivity contribution in [2.24, 2.45) is 11.7 Å². The van der Waals surface area contributed by atoms with Gasteiger partial charge in [0.25, 0.3) is 0 Å². The van der Waals surface area contributed by atoms with Crippen LogP contribution in [-0.4, -0.2) is 29.9 Å². The molecule has 0 unspecified atom stereocenters. The molecule has 2 rings (SSSR count). The van der Waals surface area contributed by atoms with Crippen LogP contribution in [-0.2, 0) is 4.79 Å². The van der Waals surface area contributed by atoms with Crippen molar-refractivity contribution in [2.75, 3.05) is 7.05 Å². The lowest BCUT2D eigenvalue weighted by Crippen LogP contribution is -2.44. The number of hydrogen-bond donors (Lipinski definition) is 1. The van der Waals surface area contributed by atoms with E-state index in [9.17, 15) is 4.79 Å². The van der Waals surface area contributed by atoms with Crippen LogP contribution in [0.4, 0.5) is 0 Å². The highest BCUT2D eigenvalue weighted by Gasteiger charge is 2.29. The monoisotopic (exact) mass is 266 g/mol. The van der Waals surface area contributed by atoms with E-state index in [0.29, 0.717) is 23.9 Å². The topological polar surface area (TPSA) is 46.3 Å². The largest absolute Gasteiger partial charge is 0.343 e. The van der Waals surface area contributed by atoms with Crippen LogP contribution in [0.5, 0.6) is 0 Å². The summed E-state index contributed by atoms with van der Waals surface area (Å²) in [7, 11) is 2.02. The van der Waals surface area contributed by atoms with Gasteiger partial charge in [-0.1, -0.05) is 32.1 Å². The molecular formula is C16H30N2O. The molecule has 2 saturated carbocycles. The molecule has 0 aromatic rings. The molecule has 0 saturated heterocycles. The third-order valence-corrected chi connectivity index (χ3v) is 5.09. The highest BCUT2D eigenvalue weighted by molar-refractivity contribution is 5.78. The molecule has 0 aromatic heterocycles. The summed E-state index contributed by atoms with van der Waals surface area (Å²) in [6.45, 7) is 0. The van der Waals surface area contributed by atoms with E-state index in [2.05, 4.69) is 4.90 Å². The smallest absolute Gasteiger partial charge is 0.225 e. The van der Waals surface area contributed by atoms with Gasteiger partial charge in [-0.25, -0.2) is 0 Å². The minimum atomic E-state index is 0.292. The van der Waals surface area contributed by atoms with E-state index in [1.807, 2.05) is 7.05 Å². The van der Waals surface area contributed by atoms with Gasteiger partial charge in [0, 0.05) is 25.0 Å². The van der Waals surface area contributed by atoms with Crippen molar-refractivity contribution < 1.29 is 4.79 Å². The highest BCUT2D eigenvalue weighted by Crippen LogP contribution is 2.27. The third-order valence-electron chi connectivity index (χ3n) is 5.09. The van der Waals surface area contributed by atoms with Crippen LogP contribution in [0.2, 0.25) is 0 Å². The maximum absolute atomic E-state index is 12.6. The fourth-order valence-corrected chi connectivity index (χ4v) is 3.66. The number of amides is 1. The zero-order chi connectivity index (χ0) is 13.7. The van der Waals surface area contributed by atoms with Crippen LogP contribution in [0.25, 0.3) is 0 Å². The molecule has 110 valence electrons. The molecule has 0 spiro atoms. The van der Waals surface area contributed by atoms with Crippen molar-refractivity contribution in [1.82, 2.24) is 4.90 Å². The third kappa shape index (κ3) is 4.20. The van der Waals surface area contributed by atoms with E-state index in [1.54, 1.807) is 0 Å². The van der Waals surface area contributed by atoms with Gasteiger partial charge in [-0.3, -0.25) is 4.79 Å². The number of nitrogens with two attached hydrogens (primary N) is 1. The van der Waals surface area contributed by atoms with Crippen molar-refractivity contribution >= 4 is 5.91 Å². The first-order valence-corrected chi connectivity index (χ1v) is 8.20. The number of carbonyl (C=O) groups excluding carboxylic acids is 1. The molecule has 3 nitrogen and oxygen atoms in total. The second kappa shape index (κ2) is 7.28. The molecule has 2 N–H and O–H groups in total. The van der Waals surface area contributed by atoms with E-state index in [-0.39, 0.29) is 0 Å². The summed E-state index contributed by atoms with van der Waals surface area (Å²) in [5, 5.41) is 0. The minimum absolute atomic E-state index is 0.292. The minimum Gasteiger partial charge on any atom is -0.343 e. The summed E-state index contributed by atoms with van der Waals surface area (Å²) >= 11 is 0. The number of hydrogen-bond acceptors (Lipinski definition) is 2. The van der Waals surface area contributed by atoms with Crippen LogP contribution >= 0.6 is 0 Å². The molecule has 2 aliphatic carbocycles. The Morgan fingerprint density at radius 1 is 0.895 bits per heavy atom. The van der Waals surface area contributed by atoms with Crippen molar-refractivity contribution in [1.29, 1.82) is 0 Å². The van der Waals surface area contributed by atoms with E-state index in [1.165, 1.54) is 32.1 Å². The normalized spacial score (nSPS) is 30.4. The highest BCUT2D eigenvalue weighted by atomic mass is 16.2. The summed E-state index contributed by atoms with van der Waals surface area (Å²) in [5.74, 6) is 0.697. The zero-order valence-corrected chi connectivity index (χ0v) is 12.4. The van der Waals surface area contributed by atoms with E-state index in [0.717, 1.165) is 38.5 Å². The summed E-state index contributed by atoms with van der Waals surface area (Å²) in [6, 6.07) is 0.805. The van der Waals surface area contributed by atoms with Crippen molar-refractivity contribution in [3.8, 4) is 0 Å². The van der Waals surface area contributed by atoms with Crippen LogP contribution < -0.4 is 5.73 Å². The Hall–Kier alpha value is -0.570. The average molecular weight is 266 g/mol. The summed E-state index contributed by atoms with van der Waals surface area (Å²) in [6.07, 6.45) is 13.0. The Kier molecular flexibility index (Phi) is 5.68. The lowest BCUT2D eigenvalue weighted by Gasteiger charge is -2.35. The number of carbonyl (C=O) groups is 1. The molecule has 2 fully saturated rings. The molecule has 19 heavy (non-hydrogen) atoms. The fourth-order valence-electron chi connectivity index (χ4n) is 3.66. The lowest BCUT2D eigenvalue weighted by atomic mass is 9.87. The van der Waals surface area contributed by atoms with Crippen LogP contribution in [0.3, 0.4) is 0 Å². The molecule has 2 aliphatic rings. The van der Waals surface area contributed by atoms with Gasteiger partial charge in [-0.2, -0.15) is 0 Å². The van der Waals surface area contributed by atoms with Gasteiger partial charge in [0.2, 0.25) is 5.91 Å². The van der Waals surface area contributed by atoms with Crippen molar-refractivity contribution in [2.45, 2.75) is 82.7 Å². The summed E-state index contributed by atoms with van der Waals surface area (Å²) in [4.78, 5) is 14.7. The van der Waals surface area contributed by atoms with Gasteiger partial charge in [0.05, 0.1) is 0 Å². The molecule has 0 aliphatic heterocycles. The quantitative estimate of drug-likeness (QED) is 0.835. The predicted molar refractivity (Wildman–Crippen MR) is 78.8 cm³/mol. The second-order valence-electron chi connectivity index (χ2n) is 6.56. The first-order chi connectivity index (χ1) is 9.18. The number of nitrogens with zero attached hydrogens (tertiary/aromatic N) is 1. The first kappa shape index (κ1) is 14.8. The average Bonchev–Trinajstić information content (AvgIpc) is 2.38. The van der Waals surface area contributed by atoms with Crippen molar-refractivity contribution in [3.63, 3.8) is 0 Å². The Balaban J connectivity index is 1.86. The van der Waals surface area contributed by atoms with Gasteiger partial charge in [0.1, 0.15) is 0 Å². The van der Waals surface area contributed by atoms with Gasteiger partial charge in [-0.15, -0.1) is 0 Å².